The third-order valence-electron chi connectivity index (χ3n) is 2.67. The lowest BCUT2D eigenvalue weighted by Gasteiger charge is -2.08. The second-order valence-electron chi connectivity index (χ2n) is 4.38. The molecule has 0 aromatic heterocycles. The minimum absolute atomic E-state index is 0.00268. The molecular formula is C13H14F2N2O3. The lowest BCUT2D eigenvalue weighted by atomic mass is 10.2. The van der Waals surface area contributed by atoms with Gasteiger partial charge in [-0.05, 0) is 25.0 Å². The van der Waals surface area contributed by atoms with Crippen LogP contribution in [0.25, 0.3) is 0 Å². The zero-order chi connectivity index (χ0) is 14.5. The summed E-state index contributed by atoms with van der Waals surface area (Å²) in [4.78, 5) is 22.7. The van der Waals surface area contributed by atoms with Gasteiger partial charge in [-0.3, -0.25) is 4.79 Å². The smallest absolute Gasteiger partial charge is 0.407 e. The van der Waals surface area contributed by atoms with Crippen molar-refractivity contribution in [2.45, 2.75) is 18.9 Å². The van der Waals surface area contributed by atoms with Crippen LogP contribution in [0.3, 0.4) is 0 Å². The highest BCUT2D eigenvalue weighted by molar-refractivity contribution is 5.94. The van der Waals surface area contributed by atoms with Crippen molar-refractivity contribution in [3.05, 3.63) is 35.4 Å². The van der Waals surface area contributed by atoms with E-state index < -0.39 is 29.2 Å². The van der Waals surface area contributed by atoms with E-state index in [4.69, 9.17) is 4.74 Å². The maximum absolute atomic E-state index is 13.3. The number of benzene rings is 1. The summed E-state index contributed by atoms with van der Waals surface area (Å²) >= 11 is 0. The fourth-order valence-corrected chi connectivity index (χ4v) is 1.52. The van der Waals surface area contributed by atoms with E-state index in [0.717, 1.165) is 25.0 Å². The maximum Gasteiger partial charge on any atom is 0.407 e. The first-order valence-electron chi connectivity index (χ1n) is 6.24. The van der Waals surface area contributed by atoms with Gasteiger partial charge in [0.1, 0.15) is 23.3 Å². The summed E-state index contributed by atoms with van der Waals surface area (Å²) in [5, 5.41) is 4.74. The lowest BCUT2D eigenvalue weighted by Crippen LogP contribution is -2.35. The largest absolute Gasteiger partial charge is 0.446 e. The second-order valence-corrected chi connectivity index (χ2v) is 4.38. The van der Waals surface area contributed by atoms with Crippen LogP contribution in [0.2, 0.25) is 0 Å². The van der Waals surface area contributed by atoms with E-state index in [2.05, 4.69) is 10.6 Å². The first-order valence-corrected chi connectivity index (χ1v) is 6.24. The first-order chi connectivity index (χ1) is 9.58. The molecule has 5 nitrogen and oxygen atoms in total. The molecule has 0 atom stereocenters. The lowest BCUT2D eigenvalue weighted by molar-refractivity contribution is 0.0943. The zero-order valence-electron chi connectivity index (χ0n) is 10.6. The summed E-state index contributed by atoms with van der Waals surface area (Å²) in [5.74, 6) is -2.72. The predicted octanol–water partition coefficient (Wildman–Crippen LogP) is 1.58. The molecule has 0 bridgehead atoms. The summed E-state index contributed by atoms with van der Waals surface area (Å²) < 4.78 is 31.5. The molecule has 108 valence electrons. The van der Waals surface area contributed by atoms with Crippen molar-refractivity contribution in [2.75, 3.05) is 13.1 Å². The third-order valence-corrected chi connectivity index (χ3v) is 2.67. The normalized spacial score (nSPS) is 13.7. The average molecular weight is 284 g/mol. The Morgan fingerprint density at radius 1 is 1.15 bits per heavy atom. The fraction of sp³-hybridized carbons (Fsp3) is 0.385. The standard InChI is InChI=1S/C13H14F2N2O3/c14-9-2-1-3-10(15)11(9)12(18)16-6-7-17-13(19)20-8-4-5-8/h1-3,8H,4-7H2,(H,16,18)(H,17,19). The molecule has 0 spiro atoms. The van der Waals surface area contributed by atoms with E-state index in [1.807, 2.05) is 0 Å². The van der Waals surface area contributed by atoms with Crippen LogP contribution in [0, 0.1) is 11.6 Å². The van der Waals surface area contributed by atoms with E-state index >= 15 is 0 Å². The van der Waals surface area contributed by atoms with Crippen LogP contribution in [-0.2, 0) is 4.74 Å². The fourth-order valence-electron chi connectivity index (χ4n) is 1.52. The topological polar surface area (TPSA) is 67.4 Å². The number of nitrogens with one attached hydrogen (secondary N) is 2. The average Bonchev–Trinajstić information content (AvgIpc) is 3.18. The van der Waals surface area contributed by atoms with Crippen molar-refractivity contribution in [1.29, 1.82) is 0 Å². The van der Waals surface area contributed by atoms with Gasteiger partial charge in [0.15, 0.2) is 0 Å². The van der Waals surface area contributed by atoms with Crippen molar-refractivity contribution >= 4 is 12.0 Å². The van der Waals surface area contributed by atoms with Crippen LogP contribution < -0.4 is 10.6 Å². The van der Waals surface area contributed by atoms with E-state index in [9.17, 15) is 18.4 Å². The van der Waals surface area contributed by atoms with Crippen molar-refractivity contribution in [3.63, 3.8) is 0 Å². The number of hydrogen-bond acceptors (Lipinski definition) is 3. The molecule has 1 aliphatic rings. The highest BCUT2D eigenvalue weighted by Crippen LogP contribution is 2.23. The SMILES string of the molecule is O=C(NCCNC(=O)c1c(F)cccc1F)OC1CC1. The molecule has 0 saturated heterocycles. The van der Waals surface area contributed by atoms with Crippen LogP contribution in [-0.4, -0.2) is 31.2 Å². The molecule has 1 aromatic carbocycles. The number of halogens is 2. The van der Waals surface area contributed by atoms with E-state index in [1.165, 1.54) is 6.07 Å². The highest BCUT2D eigenvalue weighted by atomic mass is 19.1. The number of rotatable bonds is 5. The van der Waals surface area contributed by atoms with Gasteiger partial charge < -0.3 is 15.4 Å². The number of ether oxygens (including phenoxy) is 1. The van der Waals surface area contributed by atoms with Crippen LogP contribution in [0.4, 0.5) is 13.6 Å². The molecular weight excluding hydrogens is 270 g/mol. The summed E-state index contributed by atoms with van der Waals surface area (Å²) in [6.07, 6.45) is 1.18. The van der Waals surface area contributed by atoms with Crippen molar-refractivity contribution in [2.24, 2.45) is 0 Å². The monoisotopic (exact) mass is 284 g/mol. The molecule has 0 unspecified atom stereocenters. The Balaban J connectivity index is 1.73. The van der Waals surface area contributed by atoms with Crippen molar-refractivity contribution in [1.82, 2.24) is 10.6 Å². The van der Waals surface area contributed by atoms with Crippen LogP contribution in [0.15, 0.2) is 18.2 Å². The first kappa shape index (κ1) is 14.2. The molecule has 2 amide bonds. The molecule has 1 saturated carbocycles. The molecule has 0 aliphatic heterocycles. The van der Waals surface area contributed by atoms with Crippen molar-refractivity contribution in [3.8, 4) is 0 Å². The van der Waals surface area contributed by atoms with Gasteiger partial charge in [0.2, 0.25) is 0 Å². The summed E-state index contributed by atoms with van der Waals surface area (Å²) in [6.45, 7) is 0.166. The summed E-state index contributed by atoms with van der Waals surface area (Å²) in [5.41, 5.74) is -0.631. The summed E-state index contributed by atoms with van der Waals surface area (Å²) in [6, 6.07) is 3.18. The summed E-state index contributed by atoms with van der Waals surface area (Å²) in [7, 11) is 0. The molecule has 1 fully saturated rings. The molecule has 7 heteroatoms. The van der Waals surface area contributed by atoms with Crippen LogP contribution in [0.5, 0.6) is 0 Å². The van der Waals surface area contributed by atoms with Gasteiger partial charge in [0.25, 0.3) is 5.91 Å². The molecule has 0 radical (unpaired) electrons. The Morgan fingerprint density at radius 2 is 1.75 bits per heavy atom. The van der Waals surface area contributed by atoms with Gasteiger partial charge in [-0.2, -0.15) is 0 Å². The van der Waals surface area contributed by atoms with Gasteiger partial charge in [0, 0.05) is 13.1 Å². The van der Waals surface area contributed by atoms with E-state index in [0.29, 0.717) is 0 Å². The van der Waals surface area contributed by atoms with Gasteiger partial charge in [-0.15, -0.1) is 0 Å². The Hall–Kier alpha value is -2.18. The molecule has 0 heterocycles. The maximum atomic E-state index is 13.3. The predicted molar refractivity (Wildman–Crippen MR) is 66.2 cm³/mol. The number of amides is 2. The van der Waals surface area contributed by atoms with Gasteiger partial charge in [-0.1, -0.05) is 6.07 Å². The van der Waals surface area contributed by atoms with Gasteiger partial charge in [0.05, 0.1) is 0 Å². The minimum atomic E-state index is -0.927. The molecule has 1 aliphatic carbocycles. The Bertz CT molecular complexity index is 498. The van der Waals surface area contributed by atoms with E-state index in [1.54, 1.807) is 0 Å². The van der Waals surface area contributed by atoms with Crippen molar-refractivity contribution < 1.29 is 23.1 Å². The number of alkyl carbamates (subject to hydrolysis) is 1. The molecule has 20 heavy (non-hydrogen) atoms. The number of carbonyl (C=O) groups is 2. The van der Waals surface area contributed by atoms with Crippen LogP contribution in [0.1, 0.15) is 23.2 Å². The molecule has 2 N–H and O–H groups in total. The minimum Gasteiger partial charge on any atom is -0.446 e. The zero-order valence-corrected chi connectivity index (χ0v) is 10.6. The third kappa shape index (κ3) is 3.91. The second kappa shape index (κ2) is 6.31. The van der Waals surface area contributed by atoms with Crippen LogP contribution >= 0.6 is 0 Å². The highest BCUT2D eigenvalue weighted by Gasteiger charge is 2.25. The number of hydrogen-bond donors (Lipinski definition) is 2. The van der Waals surface area contributed by atoms with Gasteiger partial charge >= 0.3 is 6.09 Å². The quantitative estimate of drug-likeness (QED) is 0.807. The molecule has 1 aromatic rings. The molecule has 2 rings (SSSR count). The Labute approximate surface area is 114 Å². The Kier molecular flexibility index (Phi) is 4.49. The van der Waals surface area contributed by atoms with E-state index in [-0.39, 0.29) is 19.2 Å². The Morgan fingerprint density at radius 3 is 2.35 bits per heavy atom. The number of carbonyl (C=O) groups excluding carboxylic acids is 2. The van der Waals surface area contributed by atoms with Gasteiger partial charge in [-0.25, -0.2) is 13.6 Å².